The number of nitrogens with zero attached hydrogens (tertiary/aromatic N) is 3. The van der Waals surface area contributed by atoms with Gasteiger partial charge in [0.05, 0.1) is 6.54 Å². The van der Waals surface area contributed by atoms with Crippen LogP contribution in [0.3, 0.4) is 0 Å². The van der Waals surface area contributed by atoms with Gasteiger partial charge in [0.1, 0.15) is 17.2 Å². The van der Waals surface area contributed by atoms with Gasteiger partial charge in [-0.05, 0) is 37.9 Å². The Labute approximate surface area is 169 Å². The lowest BCUT2D eigenvalue weighted by Gasteiger charge is -2.05. The molecular weight excluding hydrogens is 379 g/mol. The number of aromatic nitrogens is 3. The van der Waals surface area contributed by atoms with Crippen molar-refractivity contribution in [3.8, 4) is 11.3 Å². The molecule has 2 aromatic carbocycles. The van der Waals surface area contributed by atoms with E-state index in [2.05, 4.69) is 15.5 Å². The van der Waals surface area contributed by atoms with Crippen LogP contribution in [-0.2, 0) is 13.1 Å². The van der Waals surface area contributed by atoms with E-state index >= 15 is 0 Å². The highest BCUT2D eigenvalue weighted by Gasteiger charge is 2.15. The van der Waals surface area contributed by atoms with Gasteiger partial charge in [-0.2, -0.15) is 15.0 Å². The van der Waals surface area contributed by atoms with Crippen LogP contribution in [0.5, 0.6) is 0 Å². The first-order chi connectivity index (χ1) is 13.7. The second kappa shape index (κ2) is 10.3. The summed E-state index contributed by atoms with van der Waals surface area (Å²) in [5, 5.41) is 21.8. The third kappa shape index (κ3) is 5.38. The van der Waals surface area contributed by atoms with Gasteiger partial charge >= 0.3 is 0 Å². The Morgan fingerprint density at radius 3 is 2.57 bits per heavy atom. The summed E-state index contributed by atoms with van der Waals surface area (Å²) < 4.78 is 14.1. The van der Waals surface area contributed by atoms with Gasteiger partial charge in [0.25, 0.3) is 0 Å². The van der Waals surface area contributed by atoms with E-state index in [1.165, 1.54) is 10.9 Å². The van der Waals surface area contributed by atoms with Gasteiger partial charge in [0.15, 0.2) is 0 Å². The lowest BCUT2D eigenvalue weighted by atomic mass is 10.1. The van der Waals surface area contributed by atoms with E-state index in [0.717, 1.165) is 42.8 Å². The minimum absolute atomic E-state index is 0.168. The van der Waals surface area contributed by atoms with Crippen molar-refractivity contribution in [3.05, 3.63) is 70.6 Å². The monoisotopic (exact) mass is 402 g/mol. The number of rotatable bonds is 10. The van der Waals surface area contributed by atoms with E-state index in [1.807, 2.05) is 30.3 Å². The van der Waals surface area contributed by atoms with E-state index in [-0.39, 0.29) is 19.0 Å². The van der Waals surface area contributed by atoms with E-state index < -0.39 is 0 Å². The number of aliphatic hydroxyl groups is 1. The van der Waals surface area contributed by atoms with Gasteiger partial charge in [-0.25, -0.2) is 4.39 Å². The van der Waals surface area contributed by atoms with Crippen molar-refractivity contribution in [2.45, 2.75) is 32.4 Å². The van der Waals surface area contributed by atoms with Crippen LogP contribution < -0.4 is 5.32 Å². The molecule has 28 heavy (non-hydrogen) atoms. The molecule has 0 aliphatic rings. The highest BCUT2D eigenvalue weighted by atomic mass is 35.5. The topological polar surface area (TPSA) is 63.0 Å². The molecule has 0 spiro atoms. The fraction of sp³-hybridized carbons (Fsp3) is 0.333. The Bertz CT molecular complexity index is 865. The molecule has 0 radical (unpaired) electrons. The molecule has 3 rings (SSSR count). The van der Waals surface area contributed by atoms with Gasteiger partial charge in [-0.1, -0.05) is 48.0 Å². The fourth-order valence-corrected chi connectivity index (χ4v) is 3.19. The SMILES string of the molecule is OCCCCCNCc1nn(Cc2c(F)cccc2Cl)nc1-c1ccccc1. The third-order valence-corrected chi connectivity index (χ3v) is 4.79. The first kappa shape index (κ1) is 20.5. The molecule has 2 N–H and O–H groups in total. The van der Waals surface area contributed by atoms with E-state index in [4.69, 9.17) is 16.7 Å². The van der Waals surface area contributed by atoms with Gasteiger partial charge in [0.2, 0.25) is 0 Å². The van der Waals surface area contributed by atoms with Crippen LogP contribution in [0.15, 0.2) is 48.5 Å². The van der Waals surface area contributed by atoms with Gasteiger partial charge in [-0.3, -0.25) is 0 Å². The van der Waals surface area contributed by atoms with Crippen LogP contribution >= 0.6 is 11.6 Å². The molecule has 1 aromatic heterocycles. The van der Waals surface area contributed by atoms with Gasteiger partial charge in [-0.15, -0.1) is 0 Å². The predicted octanol–water partition coefficient (Wildman–Crippen LogP) is 4.04. The van der Waals surface area contributed by atoms with Crippen LogP contribution in [0, 0.1) is 5.82 Å². The van der Waals surface area contributed by atoms with Crippen molar-refractivity contribution in [1.29, 1.82) is 0 Å². The Hall–Kier alpha value is -2.28. The molecule has 3 aromatic rings. The molecule has 1 heterocycles. The molecule has 0 amide bonds. The summed E-state index contributed by atoms with van der Waals surface area (Å²) in [4.78, 5) is 1.50. The average molecular weight is 403 g/mol. The Morgan fingerprint density at radius 1 is 1.00 bits per heavy atom. The highest BCUT2D eigenvalue weighted by Crippen LogP contribution is 2.23. The number of aliphatic hydroxyl groups excluding tert-OH is 1. The lowest BCUT2D eigenvalue weighted by molar-refractivity contribution is 0.283. The number of unbranched alkanes of at least 4 members (excludes halogenated alkanes) is 2. The summed E-state index contributed by atoms with van der Waals surface area (Å²) in [7, 11) is 0. The van der Waals surface area contributed by atoms with Gasteiger partial charge < -0.3 is 10.4 Å². The maximum Gasteiger partial charge on any atom is 0.129 e. The molecule has 7 heteroatoms. The first-order valence-electron chi connectivity index (χ1n) is 9.43. The normalized spacial score (nSPS) is 11.1. The molecule has 0 saturated carbocycles. The number of nitrogens with one attached hydrogen (secondary N) is 1. The molecule has 0 saturated heterocycles. The molecule has 148 valence electrons. The van der Waals surface area contributed by atoms with Crippen molar-refractivity contribution < 1.29 is 9.50 Å². The van der Waals surface area contributed by atoms with Crippen molar-refractivity contribution in [1.82, 2.24) is 20.3 Å². The zero-order valence-electron chi connectivity index (χ0n) is 15.6. The van der Waals surface area contributed by atoms with E-state index in [1.54, 1.807) is 12.1 Å². The summed E-state index contributed by atoms with van der Waals surface area (Å²) in [5.41, 5.74) is 2.92. The summed E-state index contributed by atoms with van der Waals surface area (Å²) >= 11 is 6.15. The molecule has 0 aliphatic carbocycles. The van der Waals surface area contributed by atoms with Crippen LogP contribution in [0.2, 0.25) is 5.02 Å². The molecular formula is C21H24ClFN4O. The molecule has 0 unspecified atom stereocenters. The van der Waals surface area contributed by atoms with Crippen LogP contribution in [0.1, 0.15) is 30.5 Å². The van der Waals surface area contributed by atoms with Crippen molar-refractivity contribution in [2.24, 2.45) is 0 Å². The number of benzene rings is 2. The minimum atomic E-state index is -0.366. The highest BCUT2D eigenvalue weighted by molar-refractivity contribution is 6.31. The molecule has 0 bridgehead atoms. The quantitative estimate of drug-likeness (QED) is 0.502. The van der Waals surface area contributed by atoms with E-state index in [9.17, 15) is 4.39 Å². The number of hydrogen-bond acceptors (Lipinski definition) is 4. The second-order valence-electron chi connectivity index (χ2n) is 6.55. The van der Waals surface area contributed by atoms with Crippen LogP contribution in [-0.4, -0.2) is 33.3 Å². The smallest absolute Gasteiger partial charge is 0.129 e. The summed E-state index contributed by atoms with van der Waals surface area (Å²) in [6.07, 6.45) is 2.78. The summed E-state index contributed by atoms with van der Waals surface area (Å²) in [5.74, 6) is -0.366. The maximum absolute atomic E-state index is 14.1. The fourth-order valence-electron chi connectivity index (χ4n) is 2.96. The standard InChI is InChI=1S/C21H24ClFN4O/c22-18-10-7-11-19(23)17(18)15-27-25-20(14-24-12-5-2-6-13-28)21(26-27)16-8-3-1-4-9-16/h1,3-4,7-11,24,28H,2,5-6,12-15H2. The predicted molar refractivity (Wildman–Crippen MR) is 109 cm³/mol. The minimum Gasteiger partial charge on any atom is -0.396 e. The second-order valence-corrected chi connectivity index (χ2v) is 6.96. The van der Waals surface area contributed by atoms with Crippen LogP contribution in [0.4, 0.5) is 4.39 Å². The molecule has 5 nitrogen and oxygen atoms in total. The maximum atomic E-state index is 14.1. The first-order valence-corrected chi connectivity index (χ1v) is 9.80. The largest absolute Gasteiger partial charge is 0.396 e. The van der Waals surface area contributed by atoms with Crippen molar-refractivity contribution in [3.63, 3.8) is 0 Å². The number of hydrogen-bond donors (Lipinski definition) is 2. The Morgan fingerprint density at radius 2 is 1.82 bits per heavy atom. The molecule has 0 aliphatic heterocycles. The zero-order chi connectivity index (χ0) is 19.8. The summed E-state index contributed by atoms with van der Waals surface area (Å²) in [6, 6.07) is 14.5. The Kier molecular flexibility index (Phi) is 7.54. The summed E-state index contributed by atoms with van der Waals surface area (Å²) in [6.45, 7) is 1.79. The van der Waals surface area contributed by atoms with Crippen molar-refractivity contribution >= 4 is 11.6 Å². The number of halogens is 2. The van der Waals surface area contributed by atoms with Crippen LogP contribution in [0.25, 0.3) is 11.3 Å². The molecule has 0 fully saturated rings. The van der Waals surface area contributed by atoms with Gasteiger partial charge in [0, 0.05) is 29.3 Å². The van der Waals surface area contributed by atoms with E-state index in [0.29, 0.717) is 17.1 Å². The third-order valence-electron chi connectivity index (χ3n) is 4.44. The lowest BCUT2D eigenvalue weighted by Crippen LogP contribution is -2.16. The molecule has 0 atom stereocenters. The van der Waals surface area contributed by atoms with Crippen molar-refractivity contribution in [2.75, 3.05) is 13.2 Å². The zero-order valence-corrected chi connectivity index (χ0v) is 16.4. The average Bonchev–Trinajstić information content (AvgIpc) is 3.11. The Balaban J connectivity index is 1.77.